The van der Waals surface area contributed by atoms with E-state index in [4.69, 9.17) is 0 Å². The summed E-state index contributed by atoms with van der Waals surface area (Å²) in [5.74, 6) is -0.276. The number of aliphatic hydroxyl groups is 1. The minimum absolute atomic E-state index is 0. The van der Waals surface area contributed by atoms with Crippen LogP contribution in [-0.2, 0) is 10.1 Å². The van der Waals surface area contributed by atoms with Crippen LogP contribution in [0, 0.1) is 0 Å². The Morgan fingerprint density at radius 3 is 1.28 bits per heavy atom. The van der Waals surface area contributed by atoms with Gasteiger partial charge in [-0.05, 0) is 19.3 Å². The van der Waals surface area contributed by atoms with E-state index in [1.807, 2.05) is 0 Å². The standard InChI is InChI=1S/C23H48O4S.K/c1-2-3-4-5-6-7-8-9-10-11-12-13-14-15-17-20-23(24)21-18-16-19-22-28(25,26)27;/h23-24H,2-22H2,1H3,(H,25,26,27);/q;+1/p-1. The zero-order valence-corrected chi connectivity index (χ0v) is 23.4. The third kappa shape index (κ3) is 29.5. The summed E-state index contributed by atoms with van der Waals surface area (Å²) >= 11 is 0. The van der Waals surface area contributed by atoms with Crippen molar-refractivity contribution in [2.45, 2.75) is 141 Å². The minimum Gasteiger partial charge on any atom is -0.748 e. The van der Waals surface area contributed by atoms with Gasteiger partial charge in [-0.15, -0.1) is 0 Å². The first-order valence-corrected chi connectivity index (χ1v) is 13.6. The van der Waals surface area contributed by atoms with Crippen molar-refractivity contribution in [2.24, 2.45) is 0 Å². The molecule has 1 N–H and O–H groups in total. The molecular weight excluding hydrogens is 411 g/mol. The zero-order valence-electron chi connectivity index (χ0n) is 19.5. The molecule has 0 saturated heterocycles. The van der Waals surface area contributed by atoms with Gasteiger partial charge in [-0.25, -0.2) is 8.42 Å². The summed E-state index contributed by atoms with van der Waals surface area (Å²) in [5.41, 5.74) is 0. The second kappa shape index (κ2) is 24.2. The largest absolute Gasteiger partial charge is 1.00 e. The Balaban J connectivity index is 0. The Bertz CT molecular complexity index is 415. The van der Waals surface area contributed by atoms with E-state index in [9.17, 15) is 18.1 Å². The Morgan fingerprint density at radius 2 is 0.931 bits per heavy atom. The first kappa shape index (κ1) is 32.7. The normalized spacial score (nSPS) is 12.7. The number of unbranched alkanes of at least 4 members (excludes halogenated alkanes) is 16. The fourth-order valence-corrected chi connectivity index (χ4v) is 4.29. The second-order valence-electron chi connectivity index (χ2n) is 8.50. The molecule has 0 amide bonds. The molecule has 1 atom stereocenters. The third-order valence-corrected chi connectivity index (χ3v) is 6.36. The Labute approximate surface area is 224 Å². The smallest absolute Gasteiger partial charge is 0.748 e. The summed E-state index contributed by atoms with van der Waals surface area (Å²) in [6.07, 6.45) is 23.4. The van der Waals surface area contributed by atoms with Crippen molar-refractivity contribution < 1.29 is 69.5 Å². The summed E-state index contributed by atoms with van der Waals surface area (Å²) in [4.78, 5) is 0. The first-order chi connectivity index (χ1) is 13.5. The zero-order chi connectivity index (χ0) is 20.9. The molecule has 0 aliphatic rings. The molecule has 0 heterocycles. The van der Waals surface area contributed by atoms with Crippen molar-refractivity contribution in [3.63, 3.8) is 0 Å². The Morgan fingerprint density at radius 1 is 0.621 bits per heavy atom. The van der Waals surface area contributed by atoms with E-state index in [1.54, 1.807) is 0 Å². The van der Waals surface area contributed by atoms with Crippen LogP contribution >= 0.6 is 0 Å². The van der Waals surface area contributed by atoms with Gasteiger partial charge in [0.05, 0.1) is 16.2 Å². The van der Waals surface area contributed by atoms with Crippen molar-refractivity contribution in [2.75, 3.05) is 5.75 Å². The number of hydrogen-bond donors (Lipinski definition) is 1. The van der Waals surface area contributed by atoms with Crippen molar-refractivity contribution in [1.82, 2.24) is 0 Å². The van der Waals surface area contributed by atoms with Gasteiger partial charge >= 0.3 is 51.4 Å². The van der Waals surface area contributed by atoms with Gasteiger partial charge in [0, 0.05) is 5.75 Å². The monoisotopic (exact) mass is 458 g/mol. The molecule has 1 unspecified atom stereocenters. The van der Waals surface area contributed by atoms with Crippen LogP contribution in [0.2, 0.25) is 0 Å². The Hall–Kier alpha value is 1.51. The average Bonchev–Trinajstić information content (AvgIpc) is 2.63. The van der Waals surface area contributed by atoms with Gasteiger partial charge < -0.3 is 9.66 Å². The maximum absolute atomic E-state index is 10.5. The maximum Gasteiger partial charge on any atom is 1.00 e. The predicted octanol–water partition coefficient (Wildman–Crippen LogP) is 3.72. The van der Waals surface area contributed by atoms with Crippen LogP contribution in [0.4, 0.5) is 0 Å². The average molecular weight is 459 g/mol. The van der Waals surface area contributed by atoms with Crippen LogP contribution in [0.1, 0.15) is 135 Å². The molecule has 0 aromatic carbocycles. The fourth-order valence-electron chi connectivity index (χ4n) is 3.73. The molecule has 0 rings (SSSR count). The molecule has 170 valence electrons. The summed E-state index contributed by atoms with van der Waals surface area (Å²) in [7, 11) is -4.08. The van der Waals surface area contributed by atoms with E-state index >= 15 is 0 Å². The molecular formula is C23H47KO4S. The van der Waals surface area contributed by atoms with Gasteiger partial charge in [-0.2, -0.15) is 0 Å². The van der Waals surface area contributed by atoms with Crippen LogP contribution in [0.25, 0.3) is 0 Å². The maximum atomic E-state index is 10.5. The molecule has 0 fully saturated rings. The van der Waals surface area contributed by atoms with E-state index in [-0.39, 0.29) is 63.2 Å². The van der Waals surface area contributed by atoms with Crippen LogP contribution < -0.4 is 51.4 Å². The van der Waals surface area contributed by atoms with Crippen LogP contribution in [0.15, 0.2) is 0 Å². The van der Waals surface area contributed by atoms with Gasteiger partial charge in [-0.3, -0.25) is 0 Å². The SMILES string of the molecule is CCCCCCCCCCCCCCCCCC(O)CCCCCS(=O)(=O)[O-].[K+]. The summed E-state index contributed by atoms with van der Waals surface area (Å²) in [6.45, 7) is 2.27. The van der Waals surface area contributed by atoms with Crippen LogP contribution in [-0.4, -0.2) is 29.9 Å². The molecule has 0 spiro atoms. The number of aliphatic hydroxyl groups excluding tert-OH is 1. The summed E-state index contributed by atoms with van der Waals surface area (Å²) < 4.78 is 31.5. The molecule has 0 aliphatic heterocycles. The van der Waals surface area contributed by atoms with E-state index in [0.29, 0.717) is 12.8 Å². The quantitative estimate of drug-likeness (QED) is 0.152. The molecule has 0 aromatic rings. The molecule has 29 heavy (non-hydrogen) atoms. The molecule has 0 saturated carbocycles. The molecule has 6 heteroatoms. The van der Waals surface area contributed by atoms with Gasteiger partial charge in [0.25, 0.3) is 0 Å². The molecule has 0 aliphatic carbocycles. The Kier molecular flexibility index (Phi) is 27.2. The second-order valence-corrected chi connectivity index (χ2v) is 10.0. The van der Waals surface area contributed by atoms with Gasteiger partial charge in [0.2, 0.25) is 0 Å². The van der Waals surface area contributed by atoms with Crippen LogP contribution in [0.5, 0.6) is 0 Å². The topological polar surface area (TPSA) is 77.4 Å². The van der Waals surface area contributed by atoms with Gasteiger partial charge in [0.15, 0.2) is 0 Å². The number of rotatable bonds is 22. The summed E-state index contributed by atoms with van der Waals surface area (Å²) in [5, 5.41) is 9.93. The predicted molar refractivity (Wildman–Crippen MR) is 119 cm³/mol. The fraction of sp³-hybridized carbons (Fsp3) is 1.00. The van der Waals surface area contributed by atoms with Crippen molar-refractivity contribution >= 4 is 10.1 Å². The van der Waals surface area contributed by atoms with Gasteiger partial charge in [-0.1, -0.05) is 116 Å². The number of hydrogen-bond acceptors (Lipinski definition) is 4. The third-order valence-electron chi connectivity index (χ3n) is 5.57. The van der Waals surface area contributed by atoms with E-state index in [1.165, 1.54) is 89.9 Å². The summed E-state index contributed by atoms with van der Waals surface area (Å²) in [6, 6.07) is 0. The van der Waals surface area contributed by atoms with Gasteiger partial charge in [0.1, 0.15) is 0 Å². The first-order valence-electron chi connectivity index (χ1n) is 12.1. The molecule has 0 radical (unpaired) electrons. The van der Waals surface area contributed by atoms with Crippen molar-refractivity contribution in [3.8, 4) is 0 Å². The van der Waals surface area contributed by atoms with Crippen LogP contribution in [0.3, 0.4) is 0 Å². The van der Waals surface area contributed by atoms with E-state index in [0.717, 1.165) is 25.7 Å². The van der Waals surface area contributed by atoms with E-state index < -0.39 is 10.1 Å². The molecule has 0 aromatic heterocycles. The molecule has 0 bridgehead atoms. The van der Waals surface area contributed by atoms with Crippen molar-refractivity contribution in [3.05, 3.63) is 0 Å². The molecule has 4 nitrogen and oxygen atoms in total. The van der Waals surface area contributed by atoms with Crippen molar-refractivity contribution in [1.29, 1.82) is 0 Å². The minimum atomic E-state index is -4.08. The van der Waals surface area contributed by atoms with E-state index in [2.05, 4.69) is 6.92 Å².